The van der Waals surface area contributed by atoms with Gasteiger partial charge in [-0.1, -0.05) is 12.1 Å². The van der Waals surface area contributed by atoms with Gasteiger partial charge in [-0.2, -0.15) is 0 Å². The Morgan fingerprint density at radius 1 is 1.30 bits per heavy atom. The van der Waals surface area contributed by atoms with Gasteiger partial charge in [-0.3, -0.25) is 24.3 Å². The molecule has 0 aliphatic carbocycles. The van der Waals surface area contributed by atoms with Crippen LogP contribution in [0.5, 0.6) is 11.6 Å². The van der Waals surface area contributed by atoms with Crippen LogP contribution in [0.15, 0.2) is 24.3 Å². The first kappa shape index (κ1) is 16.0. The molecule has 0 aliphatic heterocycles. The number of aromatic nitrogens is 1. The van der Waals surface area contributed by atoms with Crippen LogP contribution >= 0.6 is 0 Å². The molecule has 0 radical (unpaired) electrons. The molecule has 0 unspecified atom stereocenters. The summed E-state index contributed by atoms with van der Waals surface area (Å²) in [6.45, 7) is 0.394. The number of carbonyl (C=O) groups is 2. The number of non-ortho nitro benzene ring substituents is 1. The van der Waals surface area contributed by atoms with Crippen LogP contribution in [0.1, 0.15) is 17.3 Å². The summed E-state index contributed by atoms with van der Waals surface area (Å²) in [5.74, 6) is -3.50. The van der Waals surface area contributed by atoms with Crippen LogP contribution < -0.4 is 0 Å². The summed E-state index contributed by atoms with van der Waals surface area (Å²) in [6, 6.07) is 5.11. The molecule has 0 bridgehead atoms. The lowest BCUT2D eigenvalue weighted by Crippen LogP contribution is -2.10. The standard InChI is InChI=1S/C14H12N2O7/c1-7(17)11-12(8-3-2-4-9(5-8)16(22)23)15(6-10(18)19)14(21)13(11)20/h2-5,20-21H,6H2,1H3,(H,18,19). The number of ketones is 1. The Kier molecular flexibility index (Phi) is 4.04. The predicted octanol–water partition coefficient (Wildman–Crippen LogP) is 1.76. The van der Waals surface area contributed by atoms with Crippen molar-refractivity contribution >= 4 is 17.4 Å². The van der Waals surface area contributed by atoms with E-state index in [1.165, 1.54) is 18.2 Å². The lowest BCUT2D eigenvalue weighted by atomic mass is 10.0. The first-order valence-corrected chi connectivity index (χ1v) is 6.36. The van der Waals surface area contributed by atoms with Gasteiger partial charge in [-0.15, -0.1) is 0 Å². The van der Waals surface area contributed by atoms with Crippen molar-refractivity contribution in [1.82, 2.24) is 4.57 Å². The van der Waals surface area contributed by atoms with E-state index in [-0.39, 0.29) is 22.5 Å². The molecular formula is C14H12N2O7. The van der Waals surface area contributed by atoms with Crippen molar-refractivity contribution in [1.29, 1.82) is 0 Å². The number of carboxylic acid groups (broad SMARTS) is 1. The second-order valence-electron chi connectivity index (χ2n) is 4.74. The van der Waals surface area contributed by atoms with Gasteiger partial charge in [0.05, 0.1) is 16.2 Å². The van der Waals surface area contributed by atoms with Crippen LogP contribution in [0, 0.1) is 10.1 Å². The molecular weight excluding hydrogens is 308 g/mol. The number of nitrogens with zero attached hydrogens (tertiary/aromatic N) is 2. The number of Topliss-reactive ketones (excluding diaryl/α,β-unsaturated/α-hetero) is 1. The summed E-state index contributed by atoms with van der Waals surface area (Å²) < 4.78 is 0.813. The molecule has 1 aromatic heterocycles. The van der Waals surface area contributed by atoms with Crippen molar-refractivity contribution in [3.8, 4) is 22.9 Å². The summed E-state index contributed by atoms with van der Waals surface area (Å²) in [5, 5.41) is 39.6. The number of nitro groups is 1. The molecule has 0 aliphatic rings. The summed E-state index contributed by atoms with van der Waals surface area (Å²) >= 11 is 0. The fourth-order valence-electron chi connectivity index (χ4n) is 2.28. The molecule has 0 fully saturated rings. The second-order valence-corrected chi connectivity index (χ2v) is 4.74. The molecule has 23 heavy (non-hydrogen) atoms. The zero-order valence-corrected chi connectivity index (χ0v) is 11.9. The van der Waals surface area contributed by atoms with Gasteiger partial charge in [0.2, 0.25) is 5.88 Å². The highest BCUT2D eigenvalue weighted by atomic mass is 16.6. The third-order valence-electron chi connectivity index (χ3n) is 3.19. The maximum atomic E-state index is 11.8. The molecule has 0 saturated carbocycles. The van der Waals surface area contributed by atoms with Gasteiger partial charge in [-0.05, 0) is 6.92 Å². The number of hydrogen-bond acceptors (Lipinski definition) is 6. The molecule has 120 valence electrons. The highest BCUT2D eigenvalue weighted by Crippen LogP contribution is 2.41. The Morgan fingerprint density at radius 2 is 1.96 bits per heavy atom. The van der Waals surface area contributed by atoms with Crippen molar-refractivity contribution in [3.05, 3.63) is 39.9 Å². The number of carboxylic acids is 1. The molecule has 0 spiro atoms. The maximum absolute atomic E-state index is 11.8. The van der Waals surface area contributed by atoms with Gasteiger partial charge in [-0.25, -0.2) is 0 Å². The fourth-order valence-corrected chi connectivity index (χ4v) is 2.28. The molecule has 9 heteroatoms. The van der Waals surface area contributed by atoms with Crippen LogP contribution in [0.2, 0.25) is 0 Å². The lowest BCUT2D eigenvalue weighted by molar-refractivity contribution is -0.384. The van der Waals surface area contributed by atoms with Gasteiger partial charge in [0.1, 0.15) is 6.54 Å². The van der Waals surface area contributed by atoms with Crippen molar-refractivity contribution in [2.45, 2.75) is 13.5 Å². The molecule has 2 aromatic rings. The van der Waals surface area contributed by atoms with Crippen molar-refractivity contribution in [2.75, 3.05) is 0 Å². The number of aromatic hydroxyl groups is 2. The van der Waals surface area contributed by atoms with Crippen LogP contribution in [0.25, 0.3) is 11.3 Å². The van der Waals surface area contributed by atoms with E-state index in [1.54, 1.807) is 0 Å². The van der Waals surface area contributed by atoms with Gasteiger partial charge >= 0.3 is 5.97 Å². The number of aliphatic carboxylic acids is 1. The molecule has 3 N–H and O–H groups in total. The Bertz CT molecular complexity index is 823. The summed E-state index contributed by atoms with van der Waals surface area (Å²) in [5.41, 5.74) is -0.553. The highest BCUT2D eigenvalue weighted by molar-refractivity contribution is 6.04. The smallest absolute Gasteiger partial charge is 0.323 e. The van der Waals surface area contributed by atoms with Crippen molar-refractivity contribution in [3.63, 3.8) is 0 Å². The number of carbonyl (C=O) groups excluding carboxylic acids is 1. The summed E-state index contributed by atoms with van der Waals surface area (Å²) in [7, 11) is 0. The summed E-state index contributed by atoms with van der Waals surface area (Å²) in [6.07, 6.45) is 0. The molecule has 0 amide bonds. The van der Waals surface area contributed by atoms with E-state index in [2.05, 4.69) is 0 Å². The number of nitro benzene ring substituents is 1. The number of benzene rings is 1. The van der Waals surface area contributed by atoms with Crippen LogP contribution in [-0.4, -0.2) is 36.6 Å². The lowest BCUT2D eigenvalue weighted by Gasteiger charge is -2.09. The zero-order valence-electron chi connectivity index (χ0n) is 11.9. The minimum atomic E-state index is -1.32. The average Bonchev–Trinajstić information content (AvgIpc) is 2.71. The Labute approximate surface area is 129 Å². The van der Waals surface area contributed by atoms with Crippen molar-refractivity contribution in [2.24, 2.45) is 0 Å². The van der Waals surface area contributed by atoms with E-state index in [0.29, 0.717) is 0 Å². The van der Waals surface area contributed by atoms with E-state index < -0.39 is 34.9 Å². The third kappa shape index (κ3) is 2.84. The largest absolute Gasteiger partial charge is 0.503 e. The quantitative estimate of drug-likeness (QED) is 0.432. The minimum absolute atomic E-state index is 0.0985. The molecule has 0 saturated heterocycles. The van der Waals surface area contributed by atoms with Gasteiger partial charge in [0, 0.05) is 17.7 Å². The maximum Gasteiger partial charge on any atom is 0.323 e. The minimum Gasteiger partial charge on any atom is -0.503 e. The fraction of sp³-hybridized carbons (Fsp3) is 0.143. The Hall–Kier alpha value is -3.36. The molecule has 1 aromatic carbocycles. The van der Waals surface area contributed by atoms with Gasteiger partial charge in [0.15, 0.2) is 11.5 Å². The number of rotatable bonds is 5. The van der Waals surface area contributed by atoms with E-state index in [1.807, 2.05) is 0 Å². The van der Waals surface area contributed by atoms with E-state index in [0.717, 1.165) is 17.6 Å². The van der Waals surface area contributed by atoms with Crippen LogP contribution in [0.3, 0.4) is 0 Å². The van der Waals surface area contributed by atoms with E-state index in [9.17, 15) is 29.9 Å². The number of hydrogen-bond donors (Lipinski definition) is 3. The topological polar surface area (TPSA) is 143 Å². The first-order chi connectivity index (χ1) is 10.7. The zero-order chi connectivity index (χ0) is 17.3. The van der Waals surface area contributed by atoms with E-state index in [4.69, 9.17) is 5.11 Å². The molecule has 2 rings (SSSR count). The van der Waals surface area contributed by atoms with Gasteiger partial charge < -0.3 is 15.3 Å². The van der Waals surface area contributed by atoms with Crippen LogP contribution in [0.4, 0.5) is 5.69 Å². The molecule has 1 heterocycles. The van der Waals surface area contributed by atoms with Crippen molar-refractivity contribution < 1.29 is 29.8 Å². The Morgan fingerprint density at radius 3 is 2.48 bits per heavy atom. The van der Waals surface area contributed by atoms with Gasteiger partial charge in [0.25, 0.3) is 5.69 Å². The first-order valence-electron chi connectivity index (χ1n) is 6.36. The monoisotopic (exact) mass is 320 g/mol. The average molecular weight is 320 g/mol. The molecule has 0 atom stereocenters. The molecule has 9 nitrogen and oxygen atoms in total. The highest BCUT2D eigenvalue weighted by Gasteiger charge is 2.27. The van der Waals surface area contributed by atoms with E-state index >= 15 is 0 Å². The normalized spacial score (nSPS) is 10.5. The van der Waals surface area contributed by atoms with Crippen LogP contribution in [-0.2, 0) is 11.3 Å². The second kappa shape index (κ2) is 5.79. The Balaban J connectivity index is 2.80. The predicted molar refractivity (Wildman–Crippen MR) is 77.5 cm³/mol. The summed E-state index contributed by atoms with van der Waals surface area (Å²) in [4.78, 5) is 33.0. The SMILES string of the molecule is CC(=O)c1c(O)c(O)n(CC(=O)O)c1-c1cccc([N+](=O)[O-])c1. The third-order valence-corrected chi connectivity index (χ3v) is 3.19.